The number of benzene rings is 1. The Hall–Kier alpha value is -1.63. The number of rotatable bonds is 2. The number of halogens is 3. The van der Waals surface area contributed by atoms with Crippen LogP contribution in [0.4, 0.5) is 19.1 Å². The fourth-order valence-electron chi connectivity index (χ4n) is 1.28. The van der Waals surface area contributed by atoms with Crippen LogP contribution < -0.4 is 5.73 Å². The van der Waals surface area contributed by atoms with E-state index in [0.717, 1.165) is 0 Å². The van der Waals surface area contributed by atoms with Gasteiger partial charge in [-0.3, -0.25) is 0 Å². The Balaban J connectivity index is 2.29. The maximum absolute atomic E-state index is 12.2. The third-order valence-corrected chi connectivity index (χ3v) is 2.61. The number of nitrogen functional groups attached to an aromatic ring is 1. The molecule has 0 aliphatic carbocycles. The average molecular weight is 260 g/mol. The van der Waals surface area contributed by atoms with E-state index in [-0.39, 0.29) is 22.5 Å². The molecule has 2 rings (SSSR count). The molecule has 1 aromatic heterocycles. The lowest BCUT2D eigenvalue weighted by molar-refractivity contribution is -0.0328. The molecule has 3 nitrogen and oxygen atoms in total. The van der Waals surface area contributed by atoms with Crippen LogP contribution in [0.3, 0.4) is 0 Å². The third kappa shape index (κ3) is 3.16. The maximum atomic E-state index is 12.2. The Labute approximate surface area is 98.8 Å². The smallest absolute Gasteiger partial charge is 0.368 e. The topological polar surface area (TPSA) is 52.0 Å². The molecule has 0 aliphatic rings. The van der Waals surface area contributed by atoms with E-state index in [4.69, 9.17) is 5.73 Å². The Morgan fingerprint density at radius 2 is 2.00 bits per heavy atom. The lowest BCUT2D eigenvalue weighted by Crippen LogP contribution is -1.98. The molecule has 7 heteroatoms. The summed E-state index contributed by atoms with van der Waals surface area (Å²) in [6.07, 6.45) is 0. The van der Waals surface area contributed by atoms with Crippen molar-refractivity contribution in [3.8, 4) is 11.3 Å². The molecule has 0 saturated heterocycles. The number of thioether (sulfide) groups is 1. The highest BCUT2D eigenvalue weighted by molar-refractivity contribution is 8.00. The van der Waals surface area contributed by atoms with Crippen LogP contribution in [0.1, 0.15) is 0 Å². The van der Waals surface area contributed by atoms with Gasteiger partial charge in [-0.15, -0.1) is 0 Å². The number of anilines is 1. The van der Waals surface area contributed by atoms with Crippen molar-refractivity contribution in [1.29, 1.82) is 0 Å². The molecule has 2 N–H and O–H groups in total. The van der Waals surface area contributed by atoms with Crippen LogP contribution in [-0.2, 0) is 0 Å². The van der Waals surface area contributed by atoms with Crippen molar-refractivity contribution in [2.45, 2.75) is 10.4 Å². The van der Waals surface area contributed by atoms with Gasteiger partial charge in [0.05, 0.1) is 0 Å². The summed E-state index contributed by atoms with van der Waals surface area (Å²) in [7, 11) is 0. The molecule has 0 saturated carbocycles. The molecule has 0 spiro atoms. The van der Waals surface area contributed by atoms with Gasteiger partial charge >= 0.3 is 5.51 Å². The Bertz CT molecular complexity index is 524. The molecule has 0 atom stereocenters. The van der Waals surface area contributed by atoms with Crippen LogP contribution in [0.25, 0.3) is 11.3 Å². The quantitative estimate of drug-likeness (QED) is 0.839. The second kappa shape index (κ2) is 4.33. The van der Waals surface area contributed by atoms with Gasteiger partial charge in [0.15, 0.2) is 0 Å². The van der Waals surface area contributed by atoms with Crippen LogP contribution in [0.5, 0.6) is 0 Å². The molecule has 17 heavy (non-hydrogen) atoms. The van der Waals surface area contributed by atoms with E-state index >= 15 is 0 Å². The van der Waals surface area contributed by atoms with Gasteiger partial charge in [-0.1, -0.05) is 17.3 Å². The number of aromatic nitrogens is 1. The van der Waals surface area contributed by atoms with E-state index in [9.17, 15) is 13.2 Å². The zero-order valence-electron chi connectivity index (χ0n) is 8.36. The van der Waals surface area contributed by atoms with Crippen LogP contribution in [0.2, 0.25) is 0 Å². The highest BCUT2D eigenvalue weighted by Crippen LogP contribution is 2.38. The highest BCUT2D eigenvalue weighted by atomic mass is 32.2. The molecular formula is C10H7F3N2OS. The van der Waals surface area contributed by atoms with Crippen LogP contribution in [0.15, 0.2) is 39.8 Å². The molecule has 2 aromatic rings. The number of nitrogens with zero attached hydrogens (tertiary/aromatic N) is 1. The van der Waals surface area contributed by atoms with E-state index in [1.165, 1.54) is 24.3 Å². The van der Waals surface area contributed by atoms with Crippen molar-refractivity contribution >= 4 is 17.6 Å². The van der Waals surface area contributed by atoms with Crippen molar-refractivity contribution in [3.63, 3.8) is 0 Å². The van der Waals surface area contributed by atoms with E-state index in [1.807, 2.05) is 0 Å². The molecular weight excluding hydrogens is 253 g/mol. The van der Waals surface area contributed by atoms with Gasteiger partial charge in [-0.05, 0) is 23.9 Å². The average Bonchev–Trinajstić information content (AvgIpc) is 2.63. The summed E-state index contributed by atoms with van der Waals surface area (Å²) in [6.45, 7) is 0. The minimum Gasteiger partial charge on any atom is -0.368 e. The normalized spacial score (nSPS) is 11.7. The first-order valence-corrected chi connectivity index (χ1v) is 5.34. The minimum absolute atomic E-state index is 0.0940. The number of hydrogen-bond donors (Lipinski definition) is 1. The second-order valence-corrected chi connectivity index (χ2v) is 4.33. The summed E-state index contributed by atoms with van der Waals surface area (Å²) in [5.41, 5.74) is 1.97. The zero-order valence-corrected chi connectivity index (χ0v) is 9.18. The van der Waals surface area contributed by atoms with Gasteiger partial charge in [-0.25, -0.2) is 0 Å². The second-order valence-electron chi connectivity index (χ2n) is 3.19. The van der Waals surface area contributed by atoms with Crippen molar-refractivity contribution in [3.05, 3.63) is 30.3 Å². The fourth-order valence-corrected chi connectivity index (χ4v) is 1.88. The summed E-state index contributed by atoms with van der Waals surface area (Å²) >= 11 is -0.173. The highest BCUT2D eigenvalue weighted by Gasteiger charge is 2.29. The Morgan fingerprint density at radius 1 is 1.24 bits per heavy atom. The van der Waals surface area contributed by atoms with Gasteiger partial charge in [0, 0.05) is 16.5 Å². The Morgan fingerprint density at radius 3 is 2.59 bits per heavy atom. The van der Waals surface area contributed by atoms with E-state index < -0.39 is 5.51 Å². The largest absolute Gasteiger partial charge is 0.446 e. The monoisotopic (exact) mass is 260 g/mol. The van der Waals surface area contributed by atoms with Gasteiger partial charge < -0.3 is 10.3 Å². The summed E-state index contributed by atoms with van der Waals surface area (Å²) in [4.78, 5) is 0.0940. The van der Waals surface area contributed by atoms with E-state index in [0.29, 0.717) is 11.3 Å². The third-order valence-electron chi connectivity index (χ3n) is 1.89. The van der Waals surface area contributed by atoms with Crippen LogP contribution >= 0.6 is 11.8 Å². The first-order valence-electron chi connectivity index (χ1n) is 4.52. The molecule has 0 fully saturated rings. The van der Waals surface area contributed by atoms with Crippen molar-refractivity contribution in [2.75, 3.05) is 5.73 Å². The van der Waals surface area contributed by atoms with Crippen molar-refractivity contribution < 1.29 is 17.7 Å². The lowest BCUT2D eigenvalue weighted by atomic mass is 10.1. The number of alkyl halides is 3. The SMILES string of the molecule is Nc1cc(-c2cccc(SC(F)(F)F)c2)no1. The molecule has 1 heterocycles. The van der Waals surface area contributed by atoms with Crippen LogP contribution in [-0.4, -0.2) is 10.7 Å². The van der Waals surface area contributed by atoms with Gasteiger partial charge in [0.1, 0.15) is 5.69 Å². The molecule has 0 aliphatic heterocycles. The van der Waals surface area contributed by atoms with Gasteiger partial charge in [-0.2, -0.15) is 13.2 Å². The molecule has 0 radical (unpaired) electrons. The summed E-state index contributed by atoms with van der Waals surface area (Å²) < 4.78 is 41.2. The standard InChI is InChI=1S/C10H7F3N2OS/c11-10(12,13)17-7-3-1-2-6(4-7)8-5-9(14)16-15-8/h1-5H,14H2. The van der Waals surface area contributed by atoms with Crippen molar-refractivity contribution in [1.82, 2.24) is 5.16 Å². The lowest BCUT2D eigenvalue weighted by Gasteiger charge is -2.05. The molecule has 90 valence electrons. The van der Waals surface area contributed by atoms with Gasteiger partial charge in [0.25, 0.3) is 0 Å². The van der Waals surface area contributed by atoms with Gasteiger partial charge in [0.2, 0.25) is 5.88 Å². The van der Waals surface area contributed by atoms with Crippen molar-refractivity contribution in [2.24, 2.45) is 0 Å². The van der Waals surface area contributed by atoms with E-state index in [1.54, 1.807) is 6.07 Å². The molecule has 1 aromatic carbocycles. The first-order chi connectivity index (χ1) is 7.94. The molecule has 0 bridgehead atoms. The summed E-state index contributed by atoms with van der Waals surface area (Å²) in [5, 5.41) is 3.63. The van der Waals surface area contributed by atoms with Crippen LogP contribution in [0, 0.1) is 0 Å². The minimum atomic E-state index is -4.30. The predicted molar refractivity (Wildman–Crippen MR) is 58.3 cm³/mol. The molecule has 0 amide bonds. The first kappa shape index (κ1) is 11.8. The summed E-state index contributed by atoms with van der Waals surface area (Å²) in [6, 6.07) is 7.38. The molecule has 0 unspecified atom stereocenters. The van der Waals surface area contributed by atoms with E-state index in [2.05, 4.69) is 9.68 Å². The predicted octanol–water partition coefficient (Wildman–Crippen LogP) is 3.54. The number of hydrogen-bond acceptors (Lipinski definition) is 4. The zero-order chi connectivity index (χ0) is 12.5. The maximum Gasteiger partial charge on any atom is 0.446 e. The summed E-state index contributed by atoms with van der Waals surface area (Å²) in [5.74, 6) is 0.119. The fraction of sp³-hybridized carbons (Fsp3) is 0.100. The Kier molecular flexibility index (Phi) is 3.01. The number of nitrogens with two attached hydrogens (primary N) is 1.